The molecule has 2 unspecified atom stereocenters. The Labute approximate surface area is 191 Å². The van der Waals surface area contributed by atoms with Crippen molar-refractivity contribution < 1.29 is 9.13 Å². The predicted molar refractivity (Wildman–Crippen MR) is 138 cm³/mol. The molecule has 162 valence electrons. The molecule has 0 aromatic heterocycles. The van der Waals surface area contributed by atoms with Gasteiger partial charge in [-0.15, -0.1) is 0 Å². The third kappa shape index (κ3) is 3.95. The first-order valence-corrected chi connectivity index (χ1v) is 14.4. The Morgan fingerprint density at radius 3 is 1.06 bits per heavy atom. The summed E-state index contributed by atoms with van der Waals surface area (Å²) >= 11 is 0. The van der Waals surface area contributed by atoms with Crippen LogP contribution in [-0.2, 0) is 9.13 Å². The third-order valence-electron chi connectivity index (χ3n) is 6.17. The van der Waals surface area contributed by atoms with Crippen LogP contribution in [0.4, 0.5) is 0 Å². The summed E-state index contributed by atoms with van der Waals surface area (Å²) < 4.78 is 30.2. The van der Waals surface area contributed by atoms with Gasteiger partial charge in [-0.05, 0) is 20.8 Å². The first-order chi connectivity index (χ1) is 15.4. The van der Waals surface area contributed by atoms with E-state index in [1.54, 1.807) is 0 Å². The number of aryl methyl sites for hydroxylation is 2. The van der Waals surface area contributed by atoms with Gasteiger partial charge >= 0.3 is 0 Å². The molecule has 0 saturated carbocycles. The maximum absolute atomic E-state index is 15.1. The molecule has 0 aliphatic heterocycles. The third-order valence-corrected chi connectivity index (χ3v) is 14.5. The molecule has 4 aromatic rings. The van der Waals surface area contributed by atoms with Crippen molar-refractivity contribution in [2.24, 2.45) is 0 Å². The summed E-state index contributed by atoms with van der Waals surface area (Å²) in [6, 6.07) is 34.8. The highest BCUT2D eigenvalue weighted by molar-refractivity contribution is 7.95. The summed E-state index contributed by atoms with van der Waals surface area (Å²) in [6.07, 6.45) is 0. The van der Waals surface area contributed by atoms with Crippen LogP contribution in [-0.4, -0.2) is 5.40 Å². The molecule has 0 spiro atoms. The lowest BCUT2D eigenvalue weighted by atomic mass is 10.2. The molecule has 4 aromatic carbocycles. The summed E-state index contributed by atoms with van der Waals surface area (Å²) in [7, 11) is -6.52. The van der Waals surface area contributed by atoms with E-state index in [0.29, 0.717) is 0 Å². The van der Waals surface area contributed by atoms with Crippen LogP contribution >= 0.6 is 14.3 Å². The minimum atomic E-state index is -3.26. The van der Waals surface area contributed by atoms with Crippen molar-refractivity contribution in [3.63, 3.8) is 0 Å². The van der Waals surface area contributed by atoms with Gasteiger partial charge < -0.3 is 9.13 Å². The Balaban J connectivity index is 2.00. The van der Waals surface area contributed by atoms with E-state index < -0.39 is 19.7 Å². The van der Waals surface area contributed by atoms with Gasteiger partial charge in [0.1, 0.15) is 0 Å². The Hall–Kier alpha value is -2.66. The van der Waals surface area contributed by atoms with Crippen molar-refractivity contribution in [1.29, 1.82) is 0 Å². The molecule has 0 bridgehead atoms. The van der Waals surface area contributed by atoms with Gasteiger partial charge in [-0.3, -0.25) is 0 Å². The van der Waals surface area contributed by atoms with Gasteiger partial charge in [-0.2, -0.15) is 0 Å². The molecule has 2 nitrogen and oxygen atoms in total. The quantitative estimate of drug-likeness (QED) is 0.333. The molecular formula is C28H28O2P2. The zero-order valence-corrected chi connectivity index (χ0v) is 20.5. The minimum Gasteiger partial charge on any atom is -0.313 e. The van der Waals surface area contributed by atoms with E-state index in [4.69, 9.17) is 0 Å². The van der Waals surface area contributed by atoms with Crippen molar-refractivity contribution in [2.75, 3.05) is 0 Å². The Morgan fingerprint density at radius 1 is 0.469 bits per heavy atom. The lowest BCUT2D eigenvalue weighted by Crippen LogP contribution is -2.31. The fraction of sp³-hybridized carbons (Fsp3) is 0.143. The van der Waals surface area contributed by atoms with Crippen LogP contribution in [0.2, 0.25) is 0 Å². The average Bonchev–Trinajstić information content (AvgIpc) is 2.84. The largest absolute Gasteiger partial charge is 0.313 e. The number of rotatable bonds is 6. The summed E-state index contributed by atoms with van der Waals surface area (Å²) in [5.74, 6) is 0. The van der Waals surface area contributed by atoms with E-state index in [9.17, 15) is 0 Å². The van der Waals surface area contributed by atoms with Gasteiger partial charge in [0.25, 0.3) is 0 Å². The first-order valence-electron chi connectivity index (χ1n) is 10.8. The molecule has 0 amide bonds. The van der Waals surface area contributed by atoms with Gasteiger partial charge in [0, 0.05) is 21.2 Å². The monoisotopic (exact) mass is 458 g/mol. The molecule has 0 aliphatic rings. The van der Waals surface area contributed by atoms with Gasteiger partial charge in [0.05, 0.1) is 5.40 Å². The highest BCUT2D eigenvalue weighted by atomic mass is 31.2. The Kier molecular flexibility index (Phi) is 6.38. The SMILES string of the molecule is Cc1ccc(P(=O)(c2ccccc2)C(C)P(=O)(c2ccccc2)c2ccc(C)cc2)cc1. The van der Waals surface area contributed by atoms with Gasteiger partial charge in [-0.25, -0.2) is 0 Å². The topological polar surface area (TPSA) is 34.1 Å². The maximum atomic E-state index is 15.1. The molecule has 0 fully saturated rings. The second-order valence-electron chi connectivity index (χ2n) is 8.29. The van der Waals surface area contributed by atoms with E-state index in [1.165, 1.54) is 0 Å². The summed E-state index contributed by atoms with van der Waals surface area (Å²) in [5, 5.41) is 2.35. The molecule has 0 N–H and O–H groups in total. The van der Waals surface area contributed by atoms with E-state index in [0.717, 1.165) is 32.3 Å². The van der Waals surface area contributed by atoms with Crippen LogP contribution in [0.25, 0.3) is 0 Å². The van der Waals surface area contributed by atoms with Gasteiger partial charge in [0.15, 0.2) is 14.3 Å². The molecule has 0 aliphatic carbocycles. The predicted octanol–water partition coefficient (Wildman–Crippen LogP) is 5.98. The second-order valence-corrected chi connectivity index (χ2v) is 14.9. The standard InChI is InChI=1S/C28H28O2P2/c1-22-14-18-27(19-15-22)31(29,25-10-6-4-7-11-25)24(3)32(30,26-12-8-5-9-13-26)28-20-16-23(2)17-21-28/h4-21,24H,1-3H3. The maximum Gasteiger partial charge on any atom is 0.153 e. The van der Waals surface area contributed by atoms with Crippen LogP contribution in [0.1, 0.15) is 18.1 Å². The van der Waals surface area contributed by atoms with E-state index in [1.807, 2.05) is 130 Å². The van der Waals surface area contributed by atoms with E-state index in [2.05, 4.69) is 0 Å². The lowest BCUT2D eigenvalue weighted by Gasteiger charge is -2.33. The number of benzene rings is 4. The molecule has 2 atom stereocenters. The van der Waals surface area contributed by atoms with Crippen LogP contribution in [0, 0.1) is 13.8 Å². The summed E-state index contributed by atoms with van der Waals surface area (Å²) in [4.78, 5) is 0. The lowest BCUT2D eigenvalue weighted by molar-refractivity contribution is 0.575. The van der Waals surface area contributed by atoms with Crippen molar-refractivity contribution in [1.82, 2.24) is 0 Å². The molecular weight excluding hydrogens is 430 g/mol. The molecule has 0 radical (unpaired) electrons. The number of hydrogen-bond donors (Lipinski definition) is 0. The molecule has 0 saturated heterocycles. The van der Waals surface area contributed by atoms with Crippen LogP contribution in [0.3, 0.4) is 0 Å². The van der Waals surface area contributed by atoms with Crippen LogP contribution in [0.5, 0.6) is 0 Å². The van der Waals surface area contributed by atoms with Crippen molar-refractivity contribution >= 4 is 35.5 Å². The molecule has 0 heterocycles. The smallest absolute Gasteiger partial charge is 0.153 e. The zero-order chi connectivity index (χ0) is 22.8. The van der Waals surface area contributed by atoms with Crippen molar-refractivity contribution in [3.8, 4) is 0 Å². The zero-order valence-electron chi connectivity index (χ0n) is 18.7. The average molecular weight is 458 g/mol. The highest BCUT2D eigenvalue weighted by Gasteiger charge is 2.46. The summed E-state index contributed by atoms with van der Waals surface area (Å²) in [5.41, 5.74) is 2.21. The fourth-order valence-corrected chi connectivity index (χ4v) is 12.4. The van der Waals surface area contributed by atoms with Crippen LogP contribution in [0.15, 0.2) is 109 Å². The van der Waals surface area contributed by atoms with E-state index >= 15 is 9.13 Å². The van der Waals surface area contributed by atoms with Gasteiger partial charge in [-0.1, -0.05) is 120 Å². The van der Waals surface area contributed by atoms with Crippen molar-refractivity contribution in [3.05, 3.63) is 120 Å². The molecule has 4 rings (SSSR count). The Bertz CT molecular complexity index is 1180. The van der Waals surface area contributed by atoms with Crippen LogP contribution < -0.4 is 21.2 Å². The number of hydrogen-bond acceptors (Lipinski definition) is 2. The fourth-order valence-electron chi connectivity index (χ4n) is 4.22. The summed E-state index contributed by atoms with van der Waals surface area (Å²) in [6.45, 7) is 5.94. The normalized spacial score (nSPS) is 16.0. The molecule has 4 heteroatoms. The van der Waals surface area contributed by atoms with E-state index in [-0.39, 0.29) is 0 Å². The van der Waals surface area contributed by atoms with Crippen molar-refractivity contribution in [2.45, 2.75) is 26.2 Å². The second kappa shape index (κ2) is 9.07. The Morgan fingerprint density at radius 2 is 0.750 bits per heavy atom. The molecule has 32 heavy (non-hydrogen) atoms. The van der Waals surface area contributed by atoms with Gasteiger partial charge in [0.2, 0.25) is 0 Å². The highest BCUT2D eigenvalue weighted by Crippen LogP contribution is 2.65. The minimum absolute atomic E-state index is 0.606. The first kappa shape index (κ1) is 22.5.